The third kappa shape index (κ3) is 4.54. The maximum absolute atomic E-state index is 12.1. The van der Waals surface area contributed by atoms with Crippen LogP contribution in [0, 0.1) is 30.9 Å². The van der Waals surface area contributed by atoms with Gasteiger partial charge in [0, 0.05) is 12.6 Å². The molecular weight excluding hydrogens is 322 g/mol. The molecule has 0 bridgehead atoms. The van der Waals surface area contributed by atoms with E-state index in [-0.39, 0.29) is 12.2 Å². The Hall–Kier alpha value is -2.93. The number of urea groups is 1. The van der Waals surface area contributed by atoms with E-state index in [1.807, 2.05) is 19.1 Å². The highest BCUT2D eigenvalue weighted by molar-refractivity contribution is 5.91. The van der Waals surface area contributed by atoms with Gasteiger partial charge in [0.2, 0.25) is 0 Å². The van der Waals surface area contributed by atoms with E-state index >= 15 is 0 Å². The number of hydrogen-bond donors (Lipinski definition) is 3. The molecule has 0 fully saturated rings. The highest BCUT2D eigenvalue weighted by Gasteiger charge is 2.17. The maximum Gasteiger partial charge on any atom is 0.319 e. The van der Waals surface area contributed by atoms with Gasteiger partial charge in [0.15, 0.2) is 0 Å². The number of aliphatic hydroxyl groups is 1. The largest absolute Gasteiger partial charge is 0.387 e. The Morgan fingerprint density at radius 1 is 1.16 bits per heavy atom. The molecule has 25 heavy (non-hydrogen) atoms. The smallest absolute Gasteiger partial charge is 0.319 e. The molecule has 0 spiro atoms. The second-order valence-corrected chi connectivity index (χ2v) is 5.92. The minimum Gasteiger partial charge on any atom is -0.387 e. The summed E-state index contributed by atoms with van der Waals surface area (Å²) < 4.78 is 0. The Bertz CT molecular complexity index is 788. The third-order valence-electron chi connectivity index (χ3n) is 4.00. The Balaban J connectivity index is 2.02. The zero-order valence-corrected chi connectivity index (χ0v) is 14.4. The Morgan fingerprint density at radius 3 is 2.40 bits per heavy atom. The molecule has 3 N–H and O–H groups in total. The summed E-state index contributed by atoms with van der Waals surface area (Å²) in [6.07, 6.45) is -0.835. The molecule has 0 radical (unpaired) electrons. The van der Waals surface area contributed by atoms with Crippen molar-refractivity contribution in [1.82, 2.24) is 5.32 Å². The maximum atomic E-state index is 12.1. The molecule has 2 rings (SSSR count). The highest BCUT2D eigenvalue weighted by Crippen LogP contribution is 2.28. The molecule has 0 aliphatic rings. The number of nitro benzene ring substituents is 1. The molecule has 132 valence electrons. The summed E-state index contributed by atoms with van der Waals surface area (Å²) in [4.78, 5) is 22.6. The fourth-order valence-corrected chi connectivity index (χ4v) is 2.48. The number of anilines is 1. The standard InChI is InChI=1S/C18H21N3O4/c1-11-4-7-14(8-5-11)16(22)10-19-18(23)20-17-12(2)6-9-15(13(17)3)21(24)25/h4-9,16,22H,10H2,1-3H3,(H2,19,20,23). The van der Waals surface area contributed by atoms with Crippen LogP contribution in [0.25, 0.3) is 0 Å². The average Bonchev–Trinajstić information content (AvgIpc) is 2.56. The van der Waals surface area contributed by atoms with Crippen LogP contribution in [0.2, 0.25) is 0 Å². The van der Waals surface area contributed by atoms with Crippen LogP contribution in [-0.4, -0.2) is 22.6 Å². The van der Waals surface area contributed by atoms with Crippen molar-refractivity contribution in [3.05, 3.63) is 68.8 Å². The second-order valence-electron chi connectivity index (χ2n) is 5.92. The Labute approximate surface area is 145 Å². The van der Waals surface area contributed by atoms with Crippen molar-refractivity contribution in [2.75, 3.05) is 11.9 Å². The number of nitrogens with zero attached hydrogens (tertiary/aromatic N) is 1. The SMILES string of the molecule is Cc1ccc(C(O)CNC(=O)Nc2c(C)ccc([N+](=O)[O-])c2C)cc1. The average molecular weight is 343 g/mol. The van der Waals surface area contributed by atoms with Gasteiger partial charge in [-0.25, -0.2) is 4.79 Å². The van der Waals surface area contributed by atoms with Gasteiger partial charge in [0.1, 0.15) is 0 Å². The van der Waals surface area contributed by atoms with Crippen LogP contribution in [0.3, 0.4) is 0 Å². The van der Waals surface area contributed by atoms with Gasteiger partial charge in [-0.1, -0.05) is 35.9 Å². The second kappa shape index (κ2) is 7.76. The third-order valence-corrected chi connectivity index (χ3v) is 4.00. The molecule has 2 aromatic carbocycles. The van der Waals surface area contributed by atoms with Gasteiger partial charge in [-0.15, -0.1) is 0 Å². The van der Waals surface area contributed by atoms with Crippen LogP contribution in [0.5, 0.6) is 0 Å². The first-order valence-electron chi connectivity index (χ1n) is 7.83. The van der Waals surface area contributed by atoms with Crippen LogP contribution < -0.4 is 10.6 Å². The molecule has 0 aromatic heterocycles. The Kier molecular flexibility index (Phi) is 5.71. The summed E-state index contributed by atoms with van der Waals surface area (Å²) in [5, 5.41) is 26.3. The van der Waals surface area contributed by atoms with Crippen molar-refractivity contribution in [2.45, 2.75) is 26.9 Å². The lowest BCUT2D eigenvalue weighted by molar-refractivity contribution is -0.385. The minimum atomic E-state index is -0.835. The summed E-state index contributed by atoms with van der Waals surface area (Å²) in [7, 11) is 0. The van der Waals surface area contributed by atoms with E-state index < -0.39 is 17.1 Å². The van der Waals surface area contributed by atoms with Gasteiger partial charge in [0.05, 0.1) is 22.3 Å². The molecule has 7 nitrogen and oxygen atoms in total. The van der Waals surface area contributed by atoms with Gasteiger partial charge in [0.25, 0.3) is 5.69 Å². The summed E-state index contributed by atoms with van der Waals surface area (Å²) in [5.74, 6) is 0. The number of amides is 2. The van der Waals surface area contributed by atoms with Crippen molar-refractivity contribution in [3.8, 4) is 0 Å². The first kappa shape index (κ1) is 18.4. The van der Waals surface area contributed by atoms with E-state index in [0.717, 1.165) is 11.1 Å². The summed E-state index contributed by atoms with van der Waals surface area (Å²) in [5.41, 5.74) is 3.24. The van der Waals surface area contributed by atoms with E-state index in [2.05, 4.69) is 10.6 Å². The fraction of sp³-hybridized carbons (Fsp3) is 0.278. The number of carbonyl (C=O) groups excluding carboxylic acids is 1. The zero-order chi connectivity index (χ0) is 18.6. The number of rotatable bonds is 5. The van der Waals surface area contributed by atoms with Crippen molar-refractivity contribution in [3.63, 3.8) is 0 Å². The topological polar surface area (TPSA) is 104 Å². The molecular formula is C18H21N3O4. The van der Waals surface area contributed by atoms with E-state index in [4.69, 9.17) is 0 Å². The molecule has 0 aliphatic heterocycles. The monoisotopic (exact) mass is 343 g/mol. The van der Waals surface area contributed by atoms with E-state index in [1.165, 1.54) is 6.07 Å². The number of aliphatic hydroxyl groups excluding tert-OH is 1. The molecule has 0 aliphatic carbocycles. The number of nitro groups is 1. The van der Waals surface area contributed by atoms with Gasteiger partial charge < -0.3 is 15.7 Å². The lowest BCUT2D eigenvalue weighted by Crippen LogP contribution is -2.32. The van der Waals surface area contributed by atoms with Crippen LogP contribution in [0.1, 0.15) is 28.4 Å². The summed E-state index contributed by atoms with van der Waals surface area (Å²) in [6.45, 7) is 5.32. The number of benzene rings is 2. The molecule has 7 heteroatoms. The van der Waals surface area contributed by atoms with Gasteiger partial charge in [-0.05, 0) is 31.9 Å². The number of nitrogens with one attached hydrogen (secondary N) is 2. The first-order valence-corrected chi connectivity index (χ1v) is 7.83. The molecule has 2 aromatic rings. The van der Waals surface area contributed by atoms with Crippen LogP contribution in [-0.2, 0) is 0 Å². The first-order chi connectivity index (χ1) is 11.8. The van der Waals surface area contributed by atoms with Crippen LogP contribution in [0.4, 0.5) is 16.2 Å². The predicted octanol–water partition coefficient (Wildman–Crippen LogP) is 3.38. The number of aryl methyl sites for hydroxylation is 2. The van der Waals surface area contributed by atoms with Crippen LogP contribution >= 0.6 is 0 Å². The normalized spacial score (nSPS) is 11.7. The molecule has 0 heterocycles. The lowest BCUT2D eigenvalue weighted by atomic mass is 10.1. The quantitative estimate of drug-likeness (QED) is 0.572. The van der Waals surface area contributed by atoms with E-state index in [0.29, 0.717) is 16.8 Å². The molecule has 1 atom stereocenters. The Morgan fingerprint density at radius 2 is 1.80 bits per heavy atom. The molecule has 1 unspecified atom stereocenters. The van der Waals surface area contributed by atoms with Crippen molar-refractivity contribution in [2.24, 2.45) is 0 Å². The molecule has 0 saturated carbocycles. The van der Waals surface area contributed by atoms with Gasteiger partial charge in [-0.3, -0.25) is 10.1 Å². The molecule has 2 amide bonds. The summed E-state index contributed by atoms with van der Waals surface area (Å²) in [6, 6.07) is 9.83. The van der Waals surface area contributed by atoms with Crippen LogP contribution in [0.15, 0.2) is 36.4 Å². The predicted molar refractivity (Wildman–Crippen MR) is 95.7 cm³/mol. The fourth-order valence-electron chi connectivity index (χ4n) is 2.48. The lowest BCUT2D eigenvalue weighted by Gasteiger charge is -2.15. The number of hydrogen-bond acceptors (Lipinski definition) is 4. The molecule has 0 saturated heterocycles. The van der Waals surface area contributed by atoms with Crippen molar-refractivity contribution >= 4 is 17.4 Å². The zero-order valence-electron chi connectivity index (χ0n) is 14.4. The van der Waals surface area contributed by atoms with E-state index in [1.54, 1.807) is 32.0 Å². The van der Waals surface area contributed by atoms with Gasteiger partial charge in [-0.2, -0.15) is 0 Å². The van der Waals surface area contributed by atoms with Gasteiger partial charge >= 0.3 is 6.03 Å². The van der Waals surface area contributed by atoms with Crippen molar-refractivity contribution < 1.29 is 14.8 Å². The minimum absolute atomic E-state index is 0.0297. The number of carbonyl (C=O) groups is 1. The van der Waals surface area contributed by atoms with Crippen molar-refractivity contribution in [1.29, 1.82) is 0 Å². The summed E-state index contributed by atoms with van der Waals surface area (Å²) >= 11 is 0. The van der Waals surface area contributed by atoms with E-state index in [9.17, 15) is 20.0 Å². The highest BCUT2D eigenvalue weighted by atomic mass is 16.6.